The highest BCUT2D eigenvalue weighted by Crippen LogP contribution is 2.25. The summed E-state index contributed by atoms with van der Waals surface area (Å²) >= 11 is 0. The van der Waals surface area contributed by atoms with Crippen molar-refractivity contribution in [2.24, 2.45) is 0 Å². The van der Waals surface area contributed by atoms with Gasteiger partial charge in [-0.05, 0) is 12.8 Å². The summed E-state index contributed by atoms with van der Waals surface area (Å²) in [6, 6.07) is 0. The van der Waals surface area contributed by atoms with Gasteiger partial charge in [0.25, 0.3) is 0 Å². The second kappa shape index (κ2) is 7.10. The van der Waals surface area contributed by atoms with Crippen molar-refractivity contribution in [3.8, 4) is 5.88 Å². The first-order valence-corrected chi connectivity index (χ1v) is 6.39. The van der Waals surface area contributed by atoms with E-state index in [4.69, 9.17) is 19.9 Å². The molecule has 1 aromatic heterocycles. The lowest BCUT2D eigenvalue weighted by molar-refractivity contribution is 0.120. The fourth-order valence-electron chi connectivity index (χ4n) is 1.87. The average molecular weight is 268 g/mol. The Labute approximate surface area is 112 Å². The maximum absolute atomic E-state index is 5.96. The third-order valence-corrected chi connectivity index (χ3v) is 2.89. The Morgan fingerprint density at radius 2 is 2.37 bits per heavy atom. The van der Waals surface area contributed by atoms with Gasteiger partial charge in [0.15, 0.2) is 5.82 Å². The van der Waals surface area contributed by atoms with E-state index in [1.807, 2.05) is 0 Å². The summed E-state index contributed by atoms with van der Waals surface area (Å²) in [6.07, 6.45) is 3.83. The number of hydrogen-bond acceptors (Lipinski definition) is 7. The normalized spacial score (nSPS) is 18.5. The van der Waals surface area contributed by atoms with E-state index in [0.717, 1.165) is 19.4 Å². The van der Waals surface area contributed by atoms with Crippen LogP contribution in [0.25, 0.3) is 0 Å². The zero-order valence-electron chi connectivity index (χ0n) is 11.1. The predicted octanol–water partition coefficient (Wildman–Crippen LogP) is 0.675. The van der Waals surface area contributed by atoms with E-state index in [0.29, 0.717) is 37.1 Å². The van der Waals surface area contributed by atoms with Crippen LogP contribution in [-0.4, -0.2) is 49.5 Å². The number of hydrogen-bond donors (Lipinski definition) is 2. The molecule has 7 heteroatoms. The first-order valence-electron chi connectivity index (χ1n) is 6.39. The van der Waals surface area contributed by atoms with E-state index in [2.05, 4.69) is 15.3 Å². The molecule has 1 aliphatic heterocycles. The van der Waals surface area contributed by atoms with Crippen molar-refractivity contribution in [3.05, 3.63) is 6.33 Å². The van der Waals surface area contributed by atoms with Gasteiger partial charge in [-0.15, -0.1) is 0 Å². The fraction of sp³-hybridized carbons (Fsp3) is 0.667. The Morgan fingerprint density at radius 1 is 1.47 bits per heavy atom. The Hall–Kier alpha value is -1.60. The molecule has 1 unspecified atom stereocenters. The van der Waals surface area contributed by atoms with Crippen LogP contribution < -0.4 is 15.8 Å². The van der Waals surface area contributed by atoms with Crippen LogP contribution in [0.2, 0.25) is 0 Å². The van der Waals surface area contributed by atoms with Crippen molar-refractivity contribution < 1.29 is 14.2 Å². The number of nitrogens with zero attached hydrogens (tertiary/aromatic N) is 2. The summed E-state index contributed by atoms with van der Waals surface area (Å²) in [5.41, 5.74) is 6.37. The molecule has 3 N–H and O–H groups in total. The van der Waals surface area contributed by atoms with Crippen LogP contribution in [0.1, 0.15) is 12.8 Å². The van der Waals surface area contributed by atoms with Crippen LogP contribution in [0.15, 0.2) is 6.33 Å². The first kappa shape index (κ1) is 13.8. The third-order valence-electron chi connectivity index (χ3n) is 2.89. The van der Waals surface area contributed by atoms with Crippen molar-refractivity contribution in [1.29, 1.82) is 0 Å². The largest absolute Gasteiger partial charge is 0.474 e. The summed E-state index contributed by atoms with van der Waals surface area (Å²) in [4.78, 5) is 8.12. The Morgan fingerprint density at radius 3 is 3.11 bits per heavy atom. The maximum atomic E-state index is 5.96. The van der Waals surface area contributed by atoms with Crippen molar-refractivity contribution in [2.75, 3.05) is 44.5 Å². The molecule has 106 valence electrons. The highest BCUT2D eigenvalue weighted by Gasteiger charge is 2.16. The molecule has 0 spiro atoms. The molecule has 1 fully saturated rings. The summed E-state index contributed by atoms with van der Waals surface area (Å²) in [6.45, 7) is 2.42. The Balaban J connectivity index is 1.90. The van der Waals surface area contributed by atoms with Gasteiger partial charge in [-0.3, -0.25) is 0 Å². The molecule has 0 aromatic carbocycles. The van der Waals surface area contributed by atoms with Crippen LogP contribution in [0.4, 0.5) is 11.5 Å². The molecular formula is C12H20N4O3. The molecule has 0 bridgehead atoms. The van der Waals surface area contributed by atoms with E-state index in [-0.39, 0.29) is 6.10 Å². The number of nitrogen functional groups attached to an aromatic ring is 1. The molecule has 2 heterocycles. The molecule has 0 amide bonds. The van der Waals surface area contributed by atoms with Crippen molar-refractivity contribution >= 4 is 11.5 Å². The monoisotopic (exact) mass is 268 g/mol. The highest BCUT2D eigenvalue weighted by molar-refractivity contribution is 5.66. The standard InChI is InChI=1S/C12H20N4O3/c1-17-5-6-19-12-10(13)11(15-8-16-12)14-7-9-3-2-4-18-9/h8-9H,2-7,13H2,1H3,(H,14,15,16). The average Bonchev–Trinajstić information content (AvgIpc) is 2.93. The van der Waals surface area contributed by atoms with Gasteiger partial charge in [0, 0.05) is 20.3 Å². The van der Waals surface area contributed by atoms with Crippen LogP contribution in [0, 0.1) is 0 Å². The van der Waals surface area contributed by atoms with Crippen molar-refractivity contribution in [2.45, 2.75) is 18.9 Å². The molecule has 2 rings (SSSR count). The van der Waals surface area contributed by atoms with Crippen LogP contribution >= 0.6 is 0 Å². The zero-order chi connectivity index (χ0) is 13.5. The maximum Gasteiger partial charge on any atom is 0.242 e. The lowest BCUT2D eigenvalue weighted by atomic mass is 10.2. The summed E-state index contributed by atoms with van der Waals surface area (Å²) in [5, 5.41) is 3.17. The third kappa shape index (κ3) is 3.93. The molecule has 19 heavy (non-hydrogen) atoms. The second-order valence-electron chi connectivity index (χ2n) is 4.30. The SMILES string of the molecule is COCCOc1ncnc(NCC2CCCO2)c1N. The molecule has 1 atom stereocenters. The fourth-order valence-corrected chi connectivity index (χ4v) is 1.87. The number of ether oxygens (including phenoxy) is 3. The van der Waals surface area contributed by atoms with Gasteiger partial charge in [0.05, 0.1) is 12.7 Å². The van der Waals surface area contributed by atoms with Crippen LogP contribution in [0.3, 0.4) is 0 Å². The van der Waals surface area contributed by atoms with Crippen molar-refractivity contribution in [1.82, 2.24) is 9.97 Å². The minimum atomic E-state index is 0.229. The van der Waals surface area contributed by atoms with Gasteiger partial charge in [0.1, 0.15) is 18.6 Å². The number of aromatic nitrogens is 2. The topological polar surface area (TPSA) is 91.5 Å². The number of nitrogens with one attached hydrogen (secondary N) is 1. The summed E-state index contributed by atoms with van der Waals surface area (Å²) < 4.78 is 15.9. The molecule has 0 aliphatic carbocycles. The van der Waals surface area contributed by atoms with Crippen molar-refractivity contribution in [3.63, 3.8) is 0 Å². The quantitative estimate of drug-likeness (QED) is 0.702. The predicted molar refractivity (Wildman–Crippen MR) is 71.3 cm³/mol. The van der Waals surface area contributed by atoms with Gasteiger partial charge < -0.3 is 25.3 Å². The molecule has 1 saturated heterocycles. The van der Waals surface area contributed by atoms with E-state index in [9.17, 15) is 0 Å². The summed E-state index contributed by atoms with van der Waals surface area (Å²) in [7, 11) is 1.61. The van der Waals surface area contributed by atoms with E-state index in [1.165, 1.54) is 6.33 Å². The molecule has 1 aliphatic rings. The molecule has 1 aromatic rings. The minimum Gasteiger partial charge on any atom is -0.474 e. The van der Waals surface area contributed by atoms with E-state index >= 15 is 0 Å². The smallest absolute Gasteiger partial charge is 0.242 e. The minimum absolute atomic E-state index is 0.229. The second-order valence-corrected chi connectivity index (χ2v) is 4.30. The van der Waals surface area contributed by atoms with Crippen LogP contribution in [-0.2, 0) is 9.47 Å². The number of methoxy groups -OCH3 is 1. The lowest BCUT2D eigenvalue weighted by Gasteiger charge is -2.14. The molecular weight excluding hydrogens is 248 g/mol. The Bertz CT molecular complexity index is 397. The zero-order valence-corrected chi connectivity index (χ0v) is 11.1. The first-order chi connectivity index (χ1) is 9.31. The lowest BCUT2D eigenvalue weighted by Crippen LogP contribution is -2.20. The van der Waals surface area contributed by atoms with Gasteiger partial charge >= 0.3 is 0 Å². The Kier molecular flexibility index (Phi) is 5.17. The molecule has 0 saturated carbocycles. The summed E-state index contributed by atoms with van der Waals surface area (Å²) in [5.74, 6) is 0.958. The number of nitrogens with two attached hydrogens (primary N) is 1. The molecule has 7 nitrogen and oxygen atoms in total. The van der Waals surface area contributed by atoms with E-state index < -0.39 is 0 Å². The number of rotatable bonds is 7. The highest BCUT2D eigenvalue weighted by atomic mass is 16.5. The van der Waals surface area contributed by atoms with Crippen LogP contribution in [0.5, 0.6) is 5.88 Å². The van der Waals surface area contributed by atoms with Gasteiger partial charge in [-0.25, -0.2) is 4.98 Å². The number of anilines is 2. The van der Waals surface area contributed by atoms with Gasteiger partial charge in [0.2, 0.25) is 5.88 Å². The van der Waals surface area contributed by atoms with Gasteiger partial charge in [-0.1, -0.05) is 0 Å². The molecule has 0 radical (unpaired) electrons. The van der Waals surface area contributed by atoms with E-state index in [1.54, 1.807) is 7.11 Å². The van der Waals surface area contributed by atoms with Gasteiger partial charge in [-0.2, -0.15) is 4.98 Å².